The Labute approximate surface area is 522 Å². The van der Waals surface area contributed by atoms with E-state index >= 15 is 0 Å². The summed E-state index contributed by atoms with van der Waals surface area (Å²) in [6.07, 6.45) is 2.85. The molecular weight excluding hydrogens is 1210 g/mol. The molecule has 0 radical (unpaired) electrons. The summed E-state index contributed by atoms with van der Waals surface area (Å²) in [5, 5.41) is 11.1. The molecule has 0 heterocycles. The lowest BCUT2D eigenvalue weighted by Crippen LogP contribution is -2.32. The van der Waals surface area contributed by atoms with E-state index in [0.717, 1.165) is 11.5 Å². The van der Waals surface area contributed by atoms with Crippen LogP contribution in [0.4, 0.5) is 0 Å². The van der Waals surface area contributed by atoms with Gasteiger partial charge in [0, 0.05) is 119 Å². The zero-order chi connectivity index (χ0) is 59.5. The van der Waals surface area contributed by atoms with E-state index in [1.807, 2.05) is 27.7 Å². The molecule has 0 fully saturated rings. The fourth-order valence-corrected chi connectivity index (χ4v) is 10.7. The minimum Gasteiger partial charge on any atom is -0.377 e. The third kappa shape index (κ3) is 57.6. The van der Waals surface area contributed by atoms with Crippen molar-refractivity contribution >= 4 is 121 Å². The molecule has 6 unspecified atom stereocenters. The predicted molar refractivity (Wildman–Crippen MR) is 338 cm³/mol. The van der Waals surface area contributed by atoms with E-state index in [0.29, 0.717) is 198 Å². The number of thioether (sulfide) groups is 4. The van der Waals surface area contributed by atoms with Crippen molar-refractivity contribution in [3.05, 3.63) is 0 Å². The van der Waals surface area contributed by atoms with Crippen molar-refractivity contribution in [1.82, 2.24) is 21.3 Å². The molecule has 6 atom stereocenters. The molecule has 0 aromatic rings. The number of nitrogens with one attached hydrogen (secondary N) is 4. The maximum atomic E-state index is 11.8. The molecule has 81 heavy (non-hydrogen) atoms. The summed E-state index contributed by atoms with van der Waals surface area (Å²) >= 11 is 24.4. The third-order valence-corrected chi connectivity index (χ3v) is 17.2. The number of carbonyl (C=O) groups is 4. The van der Waals surface area contributed by atoms with Crippen LogP contribution in [0.15, 0.2) is 0 Å². The molecule has 480 valence electrons. The topological polar surface area (TPSA) is 246 Å². The summed E-state index contributed by atoms with van der Waals surface area (Å²) in [4.78, 5) is 90.0. The van der Waals surface area contributed by atoms with E-state index < -0.39 is 6.10 Å². The minimum atomic E-state index is -0.473. The van der Waals surface area contributed by atoms with Gasteiger partial charge in [0.15, 0.2) is 0 Å². The number of hydrogen-bond acceptors (Lipinski definition) is 26. The fraction of sp³-hybridized carbons (Fsp3) is 0.922. The van der Waals surface area contributed by atoms with Crippen molar-refractivity contribution in [2.24, 2.45) is 0 Å². The fourth-order valence-electron chi connectivity index (χ4n) is 6.15. The monoisotopic (exact) mass is 1310 g/mol. The molecule has 30 heteroatoms. The van der Waals surface area contributed by atoms with E-state index in [1.165, 1.54) is 0 Å². The maximum absolute atomic E-state index is 11.8. The Morgan fingerprint density at radius 2 is 0.716 bits per heavy atom. The molecule has 0 rings (SSSR count). The molecule has 0 saturated carbocycles. The molecule has 0 aromatic heterocycles. The van der Waals surface area contributed by atoms with Gasteiger partial charge in [-0.05, 0) is 53.4 Å². The molecule has 0 aliphatic heterocycles. The Kier molecular flexibility index (Phi) is 63.2. The van der Waals surface area contributed by atoms with Gasteiger partial charge in [-0.3, -0.25) is 19.2 Å². The standard InChI is InChI=1S/C51H100N4O18S8/c1-5-52-48(56)13-9-17-66-70-21-25-78-39-46(80-27-23-72-68-19-11-15-50(58)54-7-3)35-61-30-43(32-63-41-62-31-42(64-34-45(77)38-75)29-60-33-44(76)37-74)65-36-47(81-28-24-73-69-20-12-16-51(59)55-8-4)40-79-26-22-71-67-18-10-14-49(57)53-6-2/h42-47,74-77H,5-41H2,1-4H3,(H,52,56)(H,53,57)(H,54,58)(H,55,59). The summed E-state index contributed by atoms with van der Waals surface area (Å²) < 4.78 is 37.0. The normalized spacial score (nSPS) is 13.8. The first kappa shape index (κ1) is 81.1. The van der Waals surface area contributed by atoms with Crippen LogP contribution in [0.1, 0.15) is 79.1 Å². The second-order valence-corrected chi connectivity index (χ2v) is 24.8. The van der Waals surface area contributed by atoms with Gasteiger partial charge in [-0.25, -0.2) is 39.1 Å². The molecule has 22 nitrogen and oxygen atoms in total. The molecular formula is C51H100N4O18S8. The Hall–Kier alpha value is 0.120. The van der Waals surface area contributed by atoms with Crippen LogP contribution in [0, 0.1) is 0 Å². The highest BCUT2D eigenvalue weighted by molar-refractivity contribution is 8.03. The summed E-state index contributed by atoms with van der Waals surface area (Å²) in [5.74, 6) is 5.12. The number of carbonyl (C=O) groups excluding carboxylic acids is 4. The van der Waals surface area contributed by atoms with Gasteiger partial charge in [-0.15, -0.1) is 0 Å². The van der Waals surface area contributed by atoms with E-state index in [1.54, 1.807) is 47.0 Å². The Morgan fingerprint density at radius 1 is 0.395 bits per heavy atom. The van der Waals surface area contributed by atoms with Gasteiger partial charge in [0.1, 0.15) is 19.0 Å². The van der Waals surface area contributed by atoms with E-state index in [9.17, 15) is 19.2 Å². The largest absolute Gasteiger partial charge is 0.377 e. The third-order valence-electron chi connectivity index (χ3n) is 10.1. The zero-order valence-corrected chi connectivity index (χ0v) is 55.2. The van der Waals surface area contributed by atoms with Gasteiger partial charge in [0.05, 0.1) is 106 Å². The zero-order valence-electron chi connectivity index (χ0n) is 48.4. The number of thiol groups is 4. The average Bonchev–Trinajstić information content (AvgIpc) is 3.45. The van der Waals surface area contributed by atoms with Crippen LogP contribution in [0.25, 0.3) is 0 Å². The highest BCUT2D eigenvalue weighted by Gasteiger charge is 2.20. The molecule has 0 saturated heterocycles. The second-order valence-electron chi connectivity index (χ2n) is 17.5. The number of amides is 4. The smallest absolute Gasteiger partial charge is 0.220 e. The molecule has 0 spiro atoms. The Bertz CT molecular complexity index is 1450. The number of ether oxygens (including phenoxy) is 6. The number of rotatable bonds is 64. The molecule has 0 aromatic carbocycles. The van der Waals surface area contributed by atoms with Crippen molar-refractivity contribution in [2.75, 3.05) is 185 Å². The number of hydrogen-bond donors (Lipinski definition) is 8. The van der Waals surface area contributed by atoms with Crippen molar-refractivity contribution in [3.8, 4) is 0 Å². The molecule has 0 aliphatic carbocycles. The Morgan fingerprint density at radius 3 is 1.10 bits per heavy atom. The van der Waals surface area contributed by atoms with Crippen molar-refractivity contribution in [2.45, 2.75) is 112 Å². The lowest BCUT2D eigenvalue weighted by molar-refractivity contribution is -0.290. The SMILES string of the molecule is CCNC(=O)CCCOOCCSCC(COCC(COCOCC(COCC(S)CS)OCC(S)CS)OCC(CSCCOOCCCC(=O)NCC)SCCOOCCCC(=O)NCC)SCCOOCCCC(=O)NCC. The first-order valence-electron chi connectivity index (χ1n) is 28.1. The van der Waals surface area contributed by atoms with Crippen LogP contribution in [-0.2, 0) is 86.7 Å². The van der Waals surface area contributed by atoms with Gasteiger partial charge in [-0.1, -0.05) is 0 Å². The van der Waals surface area contributed by atoms with Crippen LogP contribution >= 0.6 is 97.6 Å². The van der Waals surface area contributed by atoms with Gasteiger partial charge in [0.2, 0.25) is 23.6 Å². The first-order chi connectivity index (χ1) is 39.5. The van der Waals surface area contributed by atoms with Crippen molar-refractivity contribution in [3.63, 3.8) is 0 Å². The summed E-state index contributed by atoms with van der Waals surface area (Å²) in [6.45, 7) is 15.0. The molecule has 0 aliphatic rings. The van der Waals surface area contributed by atoms with Crippen LogP contribution in [0.2, 0.25) is 0 Å². The second kappa shape index (κ2) is 63.1. The highest BCUT2D eigenvalue weighted by atomic mass is 32.2. The molecule has 4 amide bonds. The lowest BCUT2D eigenvalue weighted by Gasteiger charge is -2.24. The van der Waals surface area contributed by atoms with Gasteiger partial charge in [-0.2, -0.15) is 97.6 Å². The van der Waals surface area contributed by atoms with E-state index in [-0.39, 0.29) is 77.3 Å². The average molecular weight is 1310 g/mol. The predicted octanol–water partition coefficient (Wildman–Crippen LogP) is 5.37. The maximum Gasteiger partial charge on any atom is 0.220 e. The first-order valence-corrected chi connectivity index (χ1v) is 34.8. The van der Waals surface area contributed by atoms with Gasteiger partial charge >= 0.3 is 0 Å². The van der Waals surface area contributed by atoms with Crippen molar-refractivity contribution in [1.29, 1.82) is 0 Å². The van der Waals surface area contributed by atoms with Gasteiger partial charge < -0.3 is 49.7 Å². The van der Waals surface area contributed by atoms with Gasteiger partial charge in [0.25, 0.3) is 0 Å². The summed E-state index contributed by atoms with van der Waals surface area (Å²) in [5.41, 5.74) is 0. The summed E-state index contributed by atoms with van der Waals surface area (Å²) in [6, 6.07) is 0. The lowest BCUT2D eigenvalue weighted by atomic mass is 10.3. The van der Waals surface area contributed by atoms with Crippen LogP contribution in [0.3, 0.4) is 0 Å². The quantitative estimate of drug-likeness (QED) is 0.0126. The highest BCUT2D eigenvalue weighted by Crippen LogP contribution is 2.20. The minimum absolute atomic E-state index is 0.0126. The van der Waals surface area contributed by atoms with Crippen molar-refractivity contribution < 1.29 is 86.7 Å². The van der Waals surface area contributed by atoms with Crippen LogP contribution in [0.5, 0.6) is 0 Å². The Balaban J connectivity index is 5.88. The van der Waals surface area contributed by atoms with E-state index in [4.69, 9.17) is 67.5 Å². The summed E-state index contributed by atoms with van der Waals surface area (Å²) in [7, 11) is 0. The van der Waals surface area contributed by atoms with E-state index in [2.05, 4.69) is 71.8 Å². The van der Waals surface area contributed by atoms with Crippen LogP contribution in [-0.4, -0.2) is 242 Å². The molecule has 0 bridgehead atoms. The molecule has 4 N–H and O–H groups in total. The van der Waals surface area contributed by atoms with Crippen LogP contribution < -0.4 is 21.3 Å².